The number of hydrogen-bond donors (Lipinski definition) is 1. The van der Waals surface area contributed by atoms with Crippen LogP contribution in [0.25, 0.3) is 0 Å². The van der Waals surface area contributed by atoms with Crippen LogP contribution in [0.5, 0.6) is 5.75 Å². The van der Waals surface area contributed by atoms with Gasteiger partial charge in [0.15, 0.2) is 0 Å². The highest BCUT2D eigenvalue weighted by Gasteiger charge is 2.32. The average Bonchev–Trinajstić information content (AvgIpc) is 2.93. The summed E-state index contributed by atoms with van der Waals surface area (Å²) in [4.78, 5) is 28.2. The minimum absolute atomic E-state index is 0.00529. The van der Waals surface area contributed by atoms with Crippen molar-refractivity contribution in [1.29, 1.82) is 0 Å². The summed E-state index contributed by atoms with van der Waals surface area (Å²) < 4.78 is 34.0. The van der Waals surface area contributed by atoms with E-state index < -0.39 is 28.5 Å². The molecular formula is C29H34ClN3O5S. The van der Waals surface area contributed by atoms with Gasteiger partial charge in [0.1, 0.15) is 18.3 Å². The molecule has 0 saturated heterocycles. The number of nitrogens with zero attached hydrogens (tertiary/aromatic N) is 2. The number of ether oxygens (including phenoxy) is 1. The number of carbonyl (C=O) groups is 2. The van der Waals surface area contributed by atoms with Gasteiger partial charge in [0.25, 0.3) is 10.0 Å². The number of sulfonamides is 1. The molecule has 0 heterocycles. The zero-order valence-corrected chi connectivity index (χ0v) is 24.1. The van der Waals surface area contributed by atoms with E-state index in [-0.39, 0.29) is 17.3 Å². The van der Waals surface area contributed by atoms with Crippen molar-refractivity contribution in [2.75, 3.05) is 24.5 Å². The fraction of sp³-hybridized carbons (Fsp3) is 0.310. The molecule has 39 heavy (non-hydrogen) atoms. The van der Waals surface area contributed by atoms with Crippen LogP contribution >= 0.6 is 11.6 Å². The molecule has 10 heteroatoms. The summed E-state index contributed by atoms with van der Waals surface area (Å²) in [6.07, 6.45) is 0.739. The van der Waals surface area contributed by atoms with Crippen molar-refractivity contribution < 1.29 is 22.7 Å². The van der Waals surface area contributed by atoms with Crippen LogP contribution in [0.1, 0.15) is 31.4 Å². The molecule has 0 bridgehead atoms. The number of carbonyl (C=O) groups excluding carboxylic acids is 2. The molecule has 0 saturated carbocycles. The number of methoxy groups -OCH3 is 1. The summed E-state index contributed by atoms with van der Waals surface area (Å²) in [5.74, 6) is -0.249. The van der Waals surface area contributed by atoms with Crippen LogP contribution in [0.2, 0.25) is 5.02 Å². The van der Waals surface area contributed by atoms with E-state index in [1.54, 1.807) is 50.4 Å². The Hall–Kier alpha value is -3.56. The van der Waals surface area contributed by atoms with Crippen LogP contribution in [0.4, 0.5) is 5.69 Å². The first-order valence-electron chi connectivity index (χ1n) is 12.6. The first-order valence-corrected chi connectivity index (χ1v) is 14.4. The van der Waals surface area contributed by atoms with E-state index in [0.717, 1.165) is 21.9 Å². The Kier molecular flexibility index (Phi) is 10.4. The van der Waals surface area contributed by atoms with Crippen LogP contribution < -0.4 is 14.4 Å². The van der Waals surface area contributed by atoms with Gasteiger partial charge in [-0.15, -0.1) is 0 Å². The predicted octanol–water partition coefficient (Wildman–Crippen LogP) is 4.80. The third-order valence-electron chi connectivity index (χ3n) is 6.17. The Labute approximate surface area is 235 Å². The lowest BCUT2D eigenvalue weighted by molar-refractivity contribution is -0.139. The summed E-state index contributed by atoms with van der Waals surface area (Å²) in [5, 5.41) is 3.22. The van der Waals surface area contributed by atoms with E-state index in [9.17, 15) is 18.0 Å². The maximum absolute atomic E-state index is 13.9. The zero-order valence-electron chi connectivity index (χ0n) is 22.6. The van der Waals surface area contributed by atoms with E-state index >= 15 is 0 Å². The fourth-order valence-corrected chi connectivity index (χ4v) is 5.52. The largest absolute Gasteiger partial charge is 0.497 e. The molecule has 0 fully saturated rings. The van der Waals surface area contributed by atoms with Crippen LogP contribution in [-0.4, -0.2) is 51.4 Å². The van der Waals surface area contributed by atoms with Crippen LogP contribution in [0.15, 0.2) is 77.7 Å². The first-order chi connectivity index (χ1) is 18.6. The van der Waals surface area contributed by atoms with Crippen molar-refractivity contribution in [3.05, 3.63) is 88.9 Å². The second kappa shape index (κ2) is 13.5. The molecule has 0 spiro atoms. The third-order valence-corrected chi connectivity index (χ3v) is 8.21. The van der Waals surface area contributed by atoms with Gasteiger partial charge in [0, 0.05) is 18.1 Å². The number of hydrogen-bond acceptors (Lipinski definition) is 5. The summed E-state index contributed by atoms with van der Waals surface area (Å²) in [6, 6.07) is 19.0. The number of halogens is 1. The SMILES string of the molecule is CCCNC(=O)C(C)N(Cc1cccc(OC)c1)C(=O)CN(c1cccc(C)c1)S(=O)(=O)c1ccc(Cl)cc1. The second-order valence-electron chi connectivity index (χ2n) is 9.14. The highest BCUT2D eigenvalue weighted by Crippen LogP contribution is 2.26. The van der Waals surface area contributed by atoms with E-state index in [2.05, 4.69) is 5.32 Å². The van der Waals surface area contributed by atoms with E-state index in [1.807, 2.05) is 26.0 Å². The Morgan fingerprint density at radius 1 is 1.03 bits per heavy atom. The molecule has 0 aliphatic carbocycles. The fourth-order valence-electron chi connectivity index (χ4n) is 3.99. The maximum Gasteiger partial charge on any atom is 0.264 e. The Balaban J connectivity index is 2.02. The minimum Gasteiger partial charge on any atom is -0.497 e. The van der Waals surface area contributed by atoms with Crippen molar-refractivity contribution in [2.45, 2.75) is 44.7 Å². The zero-order chi connectivity index (χ0) is 28.6. The molecule has 0 aromatic heterocycles. The van der Waals surface area contributed by atoms with Crippen molar-refractivity contribution in [1.82, 2.24) is 10.2 Å². The van der Waals surface area contributed by atoms with E-state index in [0.29, 0.717) is 23.0 Å². The molecule has 0 aliphatic heterocycles. The lowest BCUT2D eigenvalue weighted by atomic mass is 10.1. The molecule has 2 amide bonds. The van der Waals surface area contributed by atoms with Gasteiger partial charge in [0.2, 0.25) is 11.8 Å². The quantitative estimate of drug-likeness (QED) is 0.337. The van der Waals surface area contributed by atoms with Crippen LogP contribution in [-0.2, 0) is 26.2 Å². The molecule has 1 atom stereocenters. The number of nitrogens with one attached hydrogen (secondary N) is 1. The van der Waals surface area contributed by atoms with Crippen molar-refractivity contribution >= 4 is 39.1 Å². The number of benzene rings is 3. The monoisotopic (exact) mass is 571 g/mol. The summed E-state index contributed by atoms with van der Waals surface area (Å²) in [7, 11) is -2.61. The Bertz CT molecular complexity index is 1400. The molecule has 3 rings (SSSR count). The molecule has 1 N–H and O–H groups in total. The van der Waals surface area contributed by atoms with Gasteiger partial charge < -0.3 is 15.0 Å². The van der Waals surface area contributed by atoms with Crippen molar-refractivity contribution in [3.8, 4) is 5.75 Å². The molecular weight excluding hydrogens is 538 g/mol. The highest BCUT2D eigenvalue weighted by atomic mass is 35.5. The molecule has 3 aromatic carbocycles. The third kappa shape index (κ3) is 7.74. The topological polar surface area (TPSA) is 96.0 Å². The van der Waals surface area contributed by atoms with Gasteiger partial charge in [-0.1, -0.05) is 42.8 Å². The van der Waals surface area contributed by atoms with Gasteiger partial charge in [-0.3, -0.25) is 13.9 Å². The second-order valence-corrected chi connectivity index (χ2v) is 11.4. The lowest BCUT2D eigenvalue weighted by Gasteiger charge is -2.32. The van der Waals surface area contributed by atoms with Gasteiger partial charge in [0.05, 0.1) is 17.7 Å². The van der Waals surface area contributed by atoms with E-state index in [1.165, 1.54) is 29.2 Å². The number of rotatable bonds is 12. The lowest BCUT2D eigenvalue weighted by Crippen LogP contribution is -2.51. The Morgan fingerprint density at radius 3 is 2.36 bits per heavy atom. The summed E-state index contributed by atoms with van der Waals surface area (Å²) in [5.41, 5.74) is 1.90. The average molecular weight is 572 g/mol. The molecule has 8 nitrogen and oxygen atoms in total. The van der Waals surface area contributed by atoms with Gasteiger partial charge >= 0.3 is 0 Å². The van der Waals surface area contributed by atoms with Crippen LogP contribution in [0.3, 0.4) is 0 Å². The van der Waals surface area contributed by atoms with Gasteiger partial charge in [-0.05, 0) is 79.9 Å². The van der Waals surface area contributed by atoms with Crippen LogP contribution in [0, 0.1) is 6.92 Å². The normalized spacial score (nSPS) is 11.9. The molecule has 0 radical (unpaired) electrons. The van der Waals surface area contributed by atoms with Gasteiger partial charge in [-0.2, -0.15) is 0 Å². The summed E-state index contributed by atoms with van der Waals surface area (Å²) >= 11 is 5.99. The number of aryl methyl sites for hydroxylation is 1. The van der Waals surface area contributed by atoms with Crippen molar-refractivity contribution in [3.63, 3.8) is 0 Å². The molecule has 1 unspecified atom stereocenters. The van der Waals surface area contributed by atoms with E-state index in [4.69, 9.17) is 16.3 Å². The number of amides is 2. The number of anilines is 1. The molecule has 208 valence electrons. The smallest absolute Gasteiger partial charge is 0.264 e. The predicted molar refractivity (Wildman–Crippen MR) is 153 cm³/mol. The first kappa shape index (κ1) is 30.0. The minimum atomic E-state index is -4.15. The molecule has 0 aliphatic rings. The van der Waals surface area contributed by atoms with Gasteiger partial charge in [-0.25, -0.2) is 8.42 Å². The summed E-state index contributed by atoms with van der Waals surface area (Å²) in [6.45, 7) is 5.45. The van der Waals surface area contributed by atoms with Crippen molar-refractivity contribution in [2.24, 2.45) is 0 Å². The molecule has 3 aromatic rings. The maximum atomic E-state index is 13.9. The highest BCUT2D eigenvalue weighted by molar-refractivity contribution is 7.92. The standard InChI is InChI=1S/C29H34ClN3O5S/c1-5-16-31-29(35)22(3)32(19-23-9-7-11-26(18-23)38-4)28(34)20-33(25-10-6-8-21(2)17-25)39(36,37)27-14-12-24(30)13-15-27/h6-15,17-18,22H,5,16,19-20H2,1-4H3,(H,31,35). The Morgan fingerprint density at radius 2 is 1.72 bits per heavy atom.